The van der Waals surface area contributed by atoms with Gasteiger partial charge < -0.3 is 4.90 Å². The molecule has 0 N–H and O–H groups in total. The van der Waals surface area contributed by atoms with Gasteiger partial charge in [0.1, 0.15) is 17.2 Å². The van der Waals surface area contributed by atoms with E-state index in [1.54, 1.807) is 4.90 Å². The van der Waals surface area contributed by atoms with E-state index in [0.717, 1.165) is 29.9 Å². The van der Waals surface area contributed by atoms with Crippen LogP contribution in [0.5, 0.6) is 0 Å². The number of hydrogen-bond donors (Lipinski definition) is 0. The van der Waals surface area contributed by atoms with Gasteiger partial charge in [0.15, 0.2) is 0 Å². The van der Waals surface area contributed by atoms with Crippen molar-refractivity contribution in [2.45, 2.75) is 25.4 Å². The van der Waals surface area contributed by atoms with Crippen LogP contribution in [-0.4, -0.2) is 16.8 Å². The van der Waals surface area contributed by atoms with Crippen LogP contribution in [0.1, 0.15) is 28.1 Å². The monoisotopic (exact) mass is 293 g/mol. The average Bonchev–Trinajstić information content (AvgIpc) is 3.12. The molecule has 104 valence electrons. The SMILES string of the molecule is O=C(c1c(F)cccc1F)N(Cc1cccs1)C1CC1. The van der Waals surface area contributed by atoms with Crippen LogP contribution in [0.4, 0.5) is 8.78 Å². The average molecular weight is 293 g/mol. The summed E-state index contributed by atoms with van der Waals surface area (Å²) in [6, 6.07) is 7.43. The van der Waals surface area contributed by atoms with Crippen LogP contribution in [0.25, 0.3) is 0 Å². The third-order valence-electron chi connectivity index (χ3n) is 3.33. The number of rotatable bonds is 4. The first kappa shape index (κ1) is 13.2. The zero-order valence-corrected chi connectivity index (χ0v) is 11.5. The fourth-order valence-electron chi connectivity index (χ4n) is 2.17. The molecule has 20 heavy (non-hydrogen) atoms. The van der Waals surface area contributed by atoms with Gasteiger partial charge in [-0.15, -0.1) is 11.3 Å². The summed E-state index contributed by atoms with van der Waals surface area (Å²) in [5, 5.41) is 1.93. The highest BCUT2D eigenvalue weighted by molar-refractivity contribution is 7.09. The van der Waals surface area contributed by atoms with E-state index >= 15 is 0 Å². The van der Waals surface area contributed by atoms with E-state index in [2.05, 4.69) is 0 Å². The second kappa shape index (κ2) is 5.32. The number of halogens is 2. The Balaban J connectivity index is 1.89. The van der Waals surface area contributed by atoms with E-state index in [0.29, 0.717) is 6.54 Å². The highest BCUT2D eigenvalue weighted by Gasteiger charge is 2.35. The molecule has 1 amide bonds. The maximum absolute atomic E-state index is 13.7. The highest BCUT2D eigenvalue weighted by Crippen LogP contribution is 2.31. The van der Waals surface area contributed by atoms with Gasteiger partial charge in [-0.3, -0.25) is 4.79 Å². The molecule has 5 heteroatoms. The molecule has 0 bridgehead atoms. The molecule has 0 atom stereocenters. The number of nitrogens with zero attached hydrogens (tertiary/aromatic N) is 1. The lowest BCUT2D eigenvalue weighted by molar-refractivity contribution is 0.0721. The van der Waals surface area contributed by atoms with Crippen molar-refractivity contribution < 1.29 is 13.6 Å². The Hall–Kier alpha value is -1.75. The molecule has 0 radical (unpaired) electrons. The molecule has 1 aliphatic rings. The van der Waals surface area contributed by atoms with Gasteiger partial charge in [-0.2, -0.15) is 0 Å². The number of carbonyl (C=O) groups excluding carboxylic acids is 1. The lowest BCUT2D eigenvalue weighted by Gasteiger charge is -2.22. The van der Waals surface area contributed by atoms with Crippen LogP contribution in [0.3, 0.4) is 0 Å². The first-order valence-corrected chi connectivity index (χ1v) is 7.32. The maximum atomic E-state index is 13.7. The Bertz CT molecular complexity index is 603. The Morgan fingerprint density at radius 3 is 2.45 bits per heavy atom. The van der Waals surface area contributed by atoms with E-state index in [1.807, 2.05) is 17.5 Å². The third-order valence-corrected chi connectivity index (χ3v) is 4.19. The molecule has 3 rings (SSSR count). The smallest absolute Gasteiger partial charge is 0.260 e. The molecule has 0 saturated heterocycles. The Labute approximate surface area is 119 Å². The molecule has 0 spiro atoms. The second-order valence-corrected chi connectivity index (χ2v) is 5.87. The Morgan fingerprint density at radius 2 is 1.90 bits per heavy atom. The molecule has 1 aromatic carbocycles. The number of thiophene rings is 1. The minimum Gasteiger partial charge on any atom is -0.330 e. The normalized spacial score (nSPS) is 14.3. The molecule has 2 nitrogen and oxygen atoms in total. The fourth-order valence-corrected chi connectivity index (χ4v) is 2.87. The Kier molecular flexibility index (Phi) is 3.53. The van der Waals surface area contributed by atoms with E-state index in [9.17, 15) is 13.6 Å². The van der Waals surface area contributed by atoms with E-state index in [-0.39, 0.29) is 6.04 Å². The number of benzene rings is 1. The quantitative estimate of drug-likeness (QED) is 0.839. The molecule has 1 aromatic heterocycles. The minimum absolute atomic E-state index is 0.101. The summed E-state index contributed by atoms with van der Waals surface area (Å²) in [5.41, 5.74) is -0.448. The van der Waals surface area contributed by atoms with Crippen molar-refractivity contribution in [3.8, 4) is 0 Å². The third kappa shape index (κ3) is 2.58. The summed E-state index contributed by atoms with van der Waals surface area (Å²) < 4.78 is 27.5. The molecule has 1 fully saturated rings. The van der Waals surface area contributed by atoms with Crippen molar-refractivity contribution in [1.82, 2.24) is 4.90 Å². The molecule has 2 aromatic rings. The van der Waals surface area contributed by atoms with Crippen LogP contribution < -0.4 is 0 Å². The van der Waals surface area contributed by atoms with E-state index in [1.165, 1.54) is 17.4 Å². The van der Waals surface area contributed by atoms with Gasteiger partial charge in [0.2, 0.25) is 0 Å². The lowest BCUT2D eigenvalue weighted by atomic mass is 10.1. The van der Waals surface area contributed by atoms with E-state index < -0.39 is 23.1 Å². The molecule has 0 aliphatic heterocycles. The number of amides is 1. The standard InChI is InChI=1S/C15H13F2NOS/c16-12-4-1-5-13(17)14(12)15(19)18(10-6-7-10)9-11-3-2-8-20-11/h1-5,8,10H,6-7,9H2. The fraction of sp³-hybridized carbons (Fsp3) is 0.267. The van der Waals surface area contributed by atoms with Crippen molar-refractivity contribution in [1.29, 1.82) is 0 Å². The number of carbonyl (C=O) groups is 1. The summed E-state index contributed by atoms with van der Waals surface area (Å²) in [5.74, 6) is -2.16. The summed E-state index contributed by atoms with van der Waals surface area (Å²) in [7, 11) is 0. The highest BCUT2D eigenvalue weighted by atomic mass is 32.1. The first-order valence-electron chi connectivity index (χ1n) is 6.44. The maximum Gasteiger partial charge on any atom is 0.260 e. The Morgan fingerprint density at radius 1 is 1.20 bits per heavy atom. The summed E-state index contributed by atoms with van der Waals surface area (Å²) in [4.78, 5) is 15.0. The predicted octanol–water partition coefficient (Wildman–Crippen LogP) is 3.83. The van der Waals surface area contributed by atoms with Gasteiger partial charge in [-0.1, -0.05) is 12.1 Å². The molecular weight excluding hydrogens is 280 g/mol. The van der Waals surface area contributed by atoms with Crippen LogP contribution in [0.2, 0.25) is 0 Å². The second-order valence-electron chi connectivity index (χ2n) is 4.84. The molecule has 1 saturated carbocycles. The van der Waals surface area contributed by atoms with Crippen LogP contribution in [0, 0.1) is 11.6 Å². The van der Waals surface area contributed by atoms with Crippen molar-refractivity contribution in [2.75, 3.05) is 0 Å². The summed E-state index contributed by atoms with van der Waals surface area (Å²) >= 11 is 1.54. The molecule has 1 heterocycles. The van der Waals surface area contributed by atoms with Crippen LogP contribution >= 0.6 is 11.3 Å². The zero-order chi connectivity index (χ0) is 14.1. The first-order chi connectivity index (χ1) is 9.66. The van der Waals surface area contributed by atoms with Crippen molar-refractivity contribution >= 4 is 17.2 Å². The minimum atomic E-state index is -0.799. The van der Waals surface area contributed by atoms with Gasteiger partial charge in [-0.25, -0.2) is 8.78 Å². The van der Waals surface area contributed by atoms with Crippen molar-refractivity contribution in [2.24, 2.45) is 0 Å². The van der Waals surface area contributed by atoms with E-state index in [4.69, 9.17) is 0 Å². The van der Waals surface area contributed by atoms with Gasteiger partial charge in [0.25, 0.3) is 5.91 Å². The molecular formula is C15H13F2NOS. The van der Waals surface area contributed by atoms with Crippen LogP contribution in [-0.2, 0) is 6.54 Å². The lowest BCUT2D eigenvalue weighted by Crippen LogP contribution is -2.33. The van der Waals surface area contributed by atoms with Crippen LogP contribution in [0.15, 0.2) is 35.7 Å². The summed E-state index contributed by atoms with van der Waals surface area (Å²) in [6.07, 6.45) is 1.79. The topological polar surface area (TPSA) is 20.3 Å². The summed E-state index contributed by atoms with van der Waals surface area (Å²) in [6.45, 7) is 0.412. The van der Waals surface area contributed by atoms with Crippen molar-refractivity contribution in [3.63, 3.8) is 0 Å². The van der Waals surface area contributed by atoms with Gasteiger partial charge in [0, 0.05) is 10.9 Å². The predicted molar refractivity (Wildman–Crippen MR) is 73.6 cm³/mol. The zero-order valence-electron chi connectivity index (χ0n) is 10.7. The van der Waals surface area contributed by atoms with Gasteiger partial charge in [-0.05, 0) is 36.4 Å². The molecule has 0 unspecified atom stereocenters. The molecule has 1 aliphatic carbocycles. The largest absolute Gasteiger partial charge is 0.330 e. The van der Waals surface area contributed by atoms with Gasteiger partial charge >= 0.3 is 0 Å². The number of hydrogen-bond acceptors (Lipinski definition) is 2. The van der Waals surface area contributed by atoms with Crippen molar-refractivity contribution in [3.05, 3.63) is 57.8 Å². The van der Waals surface area contributed by atoms with Gasteiger partial charge in [0.05, 0.1) is 6.54 Å².